The molecule has 0 aliphatic heterocycles. The molecule has 2 aliphatic rings. The molecule has 0 aromatic rings. The summed E-state index contributed by atoms with van der Waals surface area (Å²) in [5.41, 5.74) is 0.916. The van der Waals surface area contributed by atoms with Gasteiger partial charge in [-0.05, 0) is 29.8 Å². The summed E-state index contributed by atoms with van der Waals surface area (Å²) in [7, 11) is 0. The number of allylic oxidation sites excluding steroid dienone is 4. The standard InChI is InChI=1S/C9H9BrO/c10-8-4-3-7(5-8)9(11)6-1-2-6/h3,5-6H,1-2,4H2. The molecule has 0 heterocycles. The predicted octanol–water partition coefficient (Wildman–Crippen LogP) is 2.57. The Morgan fingerprint density at radius 3 is 2.73 bits per heavy atom. The van der Waals surface area contributed by atoms with E-state index in [4.69, 9.17) is 0 Å². The SMILES string of the molecule is O=C(C1=CCC(Br)=C1)C1CC1. The molecule has 0 amide bonds. The van der Waals surface area contributed by atoms with Gasteiger partial charge in [0, 0.05) is 11.5 Å². The van der Waals surface area contributed by atoms with Crippen LogP contribution in [0, 0.1) is 5.92 Å². The summed E-state index contributed by atoms with van der Waals surface area (Å²) < 4.78 is 1.13. The first-order valence-electron chi connectivity index (χ1n) is 3.88. The highest BCUT2D eigenvalue weighted by atomic mass is 79.9. The molecule has 0 radical (unpaired) electrons. The van der Waals surface area contributed by atoms with Crippen molar-refractivity contribution in [3.05, 3.63) is 22.2 Å². The van der Waals surface area contributed by atoms with Crippen LogP contribution < -0.4 is 0 Å². The number of hydrogen-bond acceptors (Lipinski definition) is 1. The van der Waals surface area contributed by atoms with Crippen LogP contribution in [0.25, 0.3) is 0 Å². The van der Waals surface area contributed by atoms with Crippen LogP contribution >= 0.6 is 15.9 Å². The van der Waals surface area contributed by atoms with Gasteiger partial charge in [-0.25, -0.2) is 0 Å². The minimum Gasteiger partial charge on any atom is -0.294 e. The maximum absolute atomic E-state index is 11.4. The number of ketones is 1. The van der Waals surface area contributed by atoms with Crippen LogP contribution in [-0.4, -0.2) is 5.78 Å². The van der Waals surface area contributed by atoms with Crippen molar-refractivity contribution in [2.45, 2.75) is 19.3 Å². The van der Waals surface area contributed by atoms with Crippen molar-refractivity contribution >= 4 is 21.7 Å². The Kier molecular flexibility index (Phi) is 1.72. The average molecular weight is 213 g/mol. The maximum Gasteiger partial charge on any atom is 0.165 e. The summed E-state index contributed by atoms with van der Waals surface area (Å²) in [6.07, 6.45) is 7.04. The Bertz CT molecular complexity index is 259. The van der Waals surface area contributed by atoms with E-state index in [-0.39, 0.29) is 0 Å². The van der Waals surface area contributed by atoms with E-state index < -0.39 is 0 Å². The molecule has 0 atom stereocenters. The van der Waals surface area contributed by atoms with E-state index in [9.17, 15) is 4.79 Å². The zero-order valence-electron chi connectivity index (χ0n) is 6.14. The van der Waals surface area contributed by atoms with Gasteiger partial charge in [0.05, 0.1) is 0 Å². The highest BCUT2D eigenvalue weighted by Crippen LogP contribution is 2.35. The average Bonchev–Trinajstić information content (AvgIpc) is 2.74. The van der Waals surface area contributed by atoms with E-state index in [1.807, 2.05) is 12.2 Å². The van der Waals surface area contributed by atoms with Gasteiger partial charge < -0.3 is 0 Å². The molecule has 0 aromatic heterocycles. The molecule has 1 fully saturated rings. The Balaban J connectivity index is 2.10. The summed E-state index contributed by atoms with van der Waals surface area (Å²) in [5.74, 6) is 0.704. The van der Waals surface area contributed by atoms with Crippen molar-refractivity contribution in [1.82, 2.24) is 0 Å². The van der Waals surface area contributed by atoms with E-state index in [2.05, 4.69) is 15.9 Å². The number of carbonyl (C=O) groups is 1. The van der Waals surface area contributed by atoms with Crippen LogP contribution in [0.3, 0.4) is 0 Å². The lowest BCUT2D eigenvalue weighted by Gasteiger charge is -1.93. The second-order valence-corrected chi connectivity index (χ2v) is 4.11. The number of carbonyl (C=O) groups excluding carboxylic acids is 1. The molecule has 0 N–H and O–H groups in total. The third-order valence-corrected chi connectivity index (χ3v) is 2.61. The smallest absolute Gasteiger partial charge is 0.165 e. The van der Waals surface area contributed by atoms with E-state index >= 15 is 0 Å². The monoisotopic (exact) mass is 212 g/mol. The van der Waals surface area contributed by atoms with Crippen LogP contribution in [0.5, 0.6) is 0 Å². The second-order valence-electron chi connectivity index (χ2n) is 3.09. The van der Waals surface area contributed by atoms with Crippen molar-refractivity contribution in [1.29, 1.82) is 0 Å². The Morgan fingerprint density at radius 2 is 2.27 bits per heavy atom. The van der Waals surface area contributed by atoms with E-state index in [1.54, 1.807) is 0 Å². The number of Topliss-reactive ketones (excluding diaryl/α,β-unsaturated/α-hetero) is 1. The quantitative estimate of drug-likeness (QED) is 0.688. The normalized spacial score (nSPS) is 23.0. The van der Waals surface area contributed by atoms with Crippen LogP contribution in [0.1, 0.15) is 19.3 Å². The fraction of sp³-hybridized carbons (Fsp3) is 0.444. The van der Waals surface area contributed by atoms with E-state index in [0.29, 0.717) is 11.7 Å². The molecule has 0 spiro atoms. The first-order chi connectivity index (χ1) is 5.27. The number of hydrogen-bond donors (Lipinski definition) is 0. The molecule has 0 saturated heterocycles. The first-order valence-corrected chi connectivity index (χ1v) is 4.67. The minimum atomic E-state index is 0.347. The molecule has 1 nitrogen and oxygen atoms in total. The molecule has 58 valence electrons. The Labute approximate surface area is 74.3 Å². The minimum absolute atomic E-state index is 0.347. The molecule has 0 bridgehead atoms. The zero-order chi connectivity index (χ0) is 7.84. The fourth-order valence-electron chi connectivity index (χ4n) is 1.25. The van der Waals surface area contributed by atoms with Crippen LogP contribution in [-0.2, 0) is 4.79 Å². The fourth-order valence-corrected chi connectivity index (χ4v) is 1.66. The van der Waals surface area contributed by atoms with E-state index in [0.717, 1.165) is 29.3 Å². The van der Waals surface area contributed by atoms with Gasteiger partial charge in [-0.15, -0.1) is 0 Å². The summed E-state index contributed by atoms with van der Waals surface area (Å²) in [4.78, 5) is 11.4. The Morgan fingerprint density at radius 1 is 1.55 bits per heavy atom. The largest absolute Gasteiger partial charge is 0.294 e. The maximum atomic E-state index is 11.4. The van der Waals surface area contributed by atoms with Gasteiger partial charge in [-0.3, -0.25) is 4.79 Å². The second kappa shape index (κ2) is 2.59. The topological polar surface area (TPSA) is 17.1 Å². The molecule has 0 unspecified atom stereocenters. The van der Waals surface area contributed by atoms with Crippen molar-refractivity contribution in [3.63, 3.8) is 0 Å². The zero-order valence-corrected chi connectivity index (χ0v) is 7.73. The van der Waals surface area contributed by atoms with Gasteiger partial charge in [0.15, 0.2) is 5.78 Å². The lowest BCUT2D eigenvalue weighted by Crippen LogP contribution is -2.00. The molecule has 2 rings (SSSR count). The third-order valence-electron chi connectivity index (χ3n) is 2.06. The van der Waals surface area contributed by atoms with Crippen LogP contribution in [0.15, 0.2) is 22.2 Å². The molecule has 0 aromatic carbocycles. The lowest BCUT2D eigenvalue weighted by atomic mass is 10.1. The van der Waals surface area contributed by atoms with Crippen molar-refractivity contribution < 1.29 is 4.79 Å². The molecule has 2 aliphatic carbocycles. The van der Waals surface area contributed by atoms with Gasteiger partial charge >= 0.3 is 0 Å². The van der Waals surface area contributed by atoms with Crippen LogP contribution in [0.2, 0.25) is 0 Å². The highest BCUT2D eigenvalue weighted by molar-refractivity contribution is 9.11. The number of halogens is 1. The molecule has 11 heavy (non-hydrogen) atoms. The van der Waals surface area contributed by atoms with E-state index in [1.165, 1.54) is 0 Å². The van der Waals surface area contributed by atoms with Gasteiger partial charge in [-0.1, -0.05) is 22.0 Å². The summed E-state index contributed by atoms with van der Waals surface area (Å²) in [6.45, 7) is 0. The predicted molar refractivity (Wildman–Crippen MR) is 47.4 cm³/mol. The molecule has 1 saturated carbocycles. The van der Waals surface area contributed by atoms with Gasteiger partial charge in [-0.2, -0.15) is 0 Å². The van der Waals surface area contributed by atoms with Gasteiger partial charge in [0.25, 0.3) is 0 Å². The van der Waals surface area contributed by atoms with Gasteiger partial charge in [0.2, 0.25) is 0 Å². The third kappa shape index (κ3) is 1.45. The van der Waals surface area contributed by atoms with Crippen molar-refractivity contribution in [2.24, 2.45) is 5.92 Å². The van der Waals surface area contributed by atoms with Crippen molar-refractivity contribution in [2.75, 3.05) is 0 Å². The number of rotatable bonds is 2. The van der Waals surface area contributed by atoms with Crippen molar-refractivity contribution in [3.8, 4) is 0 Å². The van der Waals surface area contributed by atoms with Gasteiger partial charge in [0.1, 0.15) is 0 Å². The molecule has 2 heteroatoms. The summed E-state index contributed by atoms with van der Waals surface area (Å²) in [6, 6.07) is 0. The Hall–Kier alpha value is -0.370. The van der Waals surface area contributed by atoms with Crippen LogP contribution in [0.4, 0.5) is 0 Å². The summed E-state index contributed by atoms with van der Waals surface area (Å²) >= 11 is 3.37. The first kappa shape index (κ1) is 7.29. The lowest BCUT2D eigenvalue weighted by molar-refractivity contribution is -0.116. The molecular formula is C9H9BrO. The highest BCUT2D eigenvalue weighted by Gasteiger charge is 2.31. The molecular weight excluding hydrogens is 204 g/mol. The summed E-state index contributed by atoms with van der Waals surface area (Å²) in [5, 5.41) is 0.